The highest BCUT2D eigenvalue weighted by atomic mass is 19.4. The van der Waals surface area contributed by atoms with Gasteiger partial charge in [0.2, 0.25) is 0 Å². The second kappa shape index (κ2) is 5.62. The highest BCUT2D eigenvalue weighted by molar-refractivity contribution is 5.81. The van der Waals surface area contributed by atoms with E-state index in [1.165, 1.54) is 18.2 Å². The molecule has 0 bridgehead atoms. The van der Waals surface area contributed by atoms with Gasteiger partial charge in [-0.3, -0.25) is 0 Å². The third kappa shape index (κ3) is 3.07. The smallest absolute Gasteiger partial charge is 0.193 e. The summed E-state index contributed by atoms with van der Waals surface area (Å²) < 4.78 is 37.6. The first-order valence-corrected chi connectivity index (χ1v) is 5.85. The monoisotopic (exact) mass is 273 g/mol. The van der Waals surface area contributed by atoms with Crippen LogP contribution in [-0.4, -0.2) is 0 Å². The lowest BCUT2D eigenvalue weighted by Gasteiger charge is -2.10. The van der Waals surface area contributed by atoms with E-state index in [9.17, 15) is 13.2 Å². The summed E-state index contributed by atoms with van der Waals surface area (Å²) in [4.78, 5) is 0. The van der Waals surface area contributed by atoms with Crippen molar-refractivity contribution in [3.63, 3.8) is 0 Å². The van der Waals surface area contributed by atoms with Gasteiger partial charge in [-0.2, -0.15) is 18.4 Å². The van der Waals surface area contributed by atoms with Crippen LogP contribution in [-0.2, 0) is 6.18 Å². The van der Waals surface area contributed by atoms with Crippen LogP contribution in [0.4, 0.5) is 13.2 Å². The summed E-state index contributed by atoms with van der Waals surface area (Å²) in [5.74, 6) is 0. The maximum atomic E-state index is 12.5. The fourth-order valence-corrected chi connectivity index (χ4v) is 1.85. The SMILES string of the molecule is N#C/C=C(/c1ccccc1)c1ccc(C(F)(F)F)cc1. The van der Waals surface area contributed by atoms with Crippen LogP contribution in [0.1, 0.15) is 16.7 Å². The third-order valence-electron chi connectivity index (χ3n) is 2.82. The van der Waals surface area contributed by atoms with E-state index >= 15 is 0 Å². The molecule has 4 heteroatoms. The number of halogens is 3. The second-order valence-electron chi connectivity index (χ2n) is 4.13. The molecule has 0 saturated heterocycles. The minimum absolute atomic E-state index is 0.575. The van der Waals surface area contributed by atoms with Crippen molar-refractivity contribution >= 4 is 5.57 Å². The summed E-state index contributed by atoms with van der Waals surface area (Å²) in [7, 11) is 0. The highest BCUT2D eigenvalue weighted by Crippen LogP contribution is 2.31. The molecule has 0 fully saturated rings. The van der Waals surface area contributed by atoms with Gasteiger partial charge in [-0.1, -0.05) is 42.5 Å². The first-order valence-electron chi connectivity index (χ1n) is 5.85. The summed E-state index contributed by atoms with van der Waals surface area (Å²) in [5.41, 5.74) is 1.26. The van der Waals surface area contributed by atoms with Crippen LogP contribution < -0.4 is 0 Å². The van der Waals surface area contributed by atoms with Crippen molar-refractivity contribution in [1.82, 2.24) is 0 Å². The zero-order valence-electron chi connectivity index (χ0n) is 10.4. The number of hydrogen-bond donors (Lipinski definition) is 0. The molecule has 20 heavy (non-hydrogen) atoms. The molecule has 2 rings (SSSR count). The zero-order valence-corrected chi connectivity index (χ0v) is 10.4. The normalized spacial score (nSPS) is 12.0. The number of hydrogen-bond acceptors (Lipinski definition) is 1. The molecule has 2 aromatic carbocycles. The van der Waals surface area contributed by atoms with Crippen molar-refractivity contribution < 1.29 is 13.2 Å². The number of allylic oxidation sites excluding steroid dienone is 1. The average molecular weight is 273 g/mol. The van der Waals surface area contributed by atoms with Crippen molar-refractivity contribution in [2.45, 2.75) is 6.18 Å². The van der Waals surface area contributed by atoms with E-state index in [0.29, 0.717) is 11.1 Å². The minimum Gasteiger partial charge on any atom is -0.193 e. The predicted octanol–water partition coefficient (Wildman–Crippen LogP) is 4.66. The first-order chi connectivity index (χ1) is 9.52. The molecule has 0 spiro atoms. The van der Waals surface area contributed by atoms with Gasteiger partial charge in [0.15, 0.2) is 0 Å². The highest BCUT2D eigenvalue weighted by Gasteiger charge is 2.30. The summed E-state index contributed by atoms with van der Waals surface area (Å²) in [6.45, 7) is 0. The lowest BCUT2D eigenvalue weighted by Crippen LogP contribution is -2.04. The van der Waals surface area contributed by atoms with Crippen LogP contribution in [0, 0.1) is 11.3 Å². The molecule has 0 aliphatic carbocycles. The molecule has 100 valence electrons. The lowest BCUT2D eigenvalue weighted by molar-refractivity contribution is -0.137. The van der Waals surface area contributed by atoms with Crippen LogP contribution in [0.25, 0.3) is 5.57 Å². The van der Waals surface area contributed by atoms with Crippen LogP contribution in [0.2, 0.25) is 0 Å². The van der Waals surface area contributed by atoms with Gasteiger partial charge >= 0.3 is 6.18 Å². The molecule has 1 nitrogen and oxygen atoms in total. The van der Waals surface area contributed by atoms with E-state index in [1.807, 2.05) is 24.3 Å². The molecule has 0 atom stereocenters. The number of nitriles is 1. The lowest BCUT2D eigenvalue weighted by atomic mass is 9.97. The Balaban J connectivity index is 2.43. The van der Waals surface area contributed by atoms with Crippen molar-refractivity contribution in [3.05, 3.63) is 77.4 Å². The zero-order chi connectivity index (χ0) is 14.6. The maximum absolute atomic E-state index is 12.5. The van der Waals surface area contributed by atoms with Crippen molar-refractivity contribution in [3.8, 4) is 6.07 Å². The van der Waals surface area contributed by atoms with Gasteiger partial charge < -0.3 is 0 Å². The van der Waals surface area contributed by atoms with Crippen LogP contribution >= 0.6 is 0 Å². The van der Waals surface area contributed by atoms with E-state index in [0.717, 1.165) is 17.7 Å². The summed E-state index contributed by atoms with van der Waals surface area (Å²) in [6, 6.07) is 15.8. The Morgan fingerprint density at radius 2 is 1.45 bits per heavy atom. The molecule has 0 saturated carbocycles. The fraction of sp³-hybridized carbons (Fsp3) is 0.0625. The second-order valence-corrected chi connectivity index (χ2v) is 4.13. The van der Waals surface area contributed by atoms with Gasteiger partial charge in [-0.05, 0) is 28.8 Å². The number of rotatable bonds is 2. The van der Waals surface area contributed by atoms with Gasteiger partial charge in [0, 0.05) is 6.08 Å². The molecule has 2 aromatic rings. The molecule has 0 aromatic heterocycles. The molecular weight excluding hydrogens is 263 g/mol. The first kappa shape index (κ1) is 13.9. The summed E-state index contributed by atoms with van der Waals surface area (Å²) in [6.07, 6.45) is -3.03. The van der Waals surface area contributed by atoms with Crippen molar-refractivity contribution in [2.75, 3.05) is 0 Å². The van der Waals surface area contributed by atoms with Gasteiger partial charge in [-0.15, -0.1) is 0 Å². The van der Waals surface area contributed by atoms with E-state index in [4.69, 9.17) is 5.26 Å². The molecular formula is C16H10F3N. The molecule has 0 unspecified atom stereocenters. The Morgan fingerprint density at radius 1 is 0.900 bits per heavy atom. The molecule has 0 N–H and O–H groups in total. The Morgan fingerprint density at radius 3 is 1.95 bits per heavy atom. The van der Waals surface area contributed by atoms with E-state index in [-0.39, 0.29) is 0 Å². The average Bonchev–Trinajstić information content (AvgIpc) is 2.45. The van der Waals surface area contributed by atoms with Crippen LogP contribution in [0.5, 0.6) is 0 Å². The Labute approximate surface area is 114 Å². The Bertz CT molecular complexity index is 647. The number of benzene rings is 2. The number of alkyl halides is 3. The van der Waals surface area contributed by atoms with E-state index < -0.39 is 11.7 Å². The predicted molar refractivity (Wildman–Crippen MR) is 70.6 cm³/mol. The van der Waals surface area contributed by atoms with Crippen molar-refractivity contribution in [1.29, 1.82) is 5.26 Å². The van der Waals surface area contributed by atoms with Gasteiger partial charge in [0.05, 0.1) is 11.6 Å². The molecule has 0 amide bonds. The van der Waals surface area contributed by atoms with Crippen LogP contribution in [0.15, 0.2) is 60.7 Å². The summed E-state index contributed by atoms with van der Waals surface area (Å²) >= 11 is 0. The van der Waals surface area contributed by atoms with E-state index in [1.54, 1.807) is 12.1 Å². The Hall–Kier alpha value is -2.54. The Kier molecular flexibility index (Phi) is 3.90. The largest absolute Gasteiger partial charge is 0.416 e. The van der Waals surface area contributed by atoms with Crippen LogP contribution in [0.3, 0.4) is 0 Å². The molecule has 0 aliphatic heterocycles. The topological polar surface area (TPSA) is 23.8 Å². The fourth-order valence-electron chi connectivity index (χ4n) is 1.85. The molecule has 0 heterocycles. The van der Waals surface area contributed by atoms with Gasteiger partial charge in [0.1, 0.15) is 0 Å². The standard InChI is InChI=1S/C16H10F3N/c17-16(18,19)14-8-6-13(7-9-14)15(10-11-20)12-4-2-1-3-5-12/h1-10H/b15-10-. The minimum atomic E-state index is -4.36. The number of nitrogens with zero attached hydrogens (tertiary/aromatic N) is 1. The summed E-state index contributed by atoms with van der Waals surface area (Å²) in [5, 5.41) is 8.84. The molecule has 0 radical (unpaired) electrons. The quantitative estimate of drug-likeness (QED) is 0.730. The maximum Gasteiger partial charge on any atom is 0.416 e. The third-order valence-corrected chi connectivity index (χ3v) is 2.82. The van der Waals surface area contributed by atoms with Gasteiger partial charge in [0.25, 0.3) is 0 Å². The van der Waals surface area contributed by atoms with E-state index in [2.05, 4.69) is 0 Å². The van der Waals surface area contributed by atoms with Crippen molar-refractivity contribution in [2.24, 2.45) is 0 Å². The van der Waals surface area contributed by atoms with Gasteiger partial charge in [-0.25, -0.2) is 0 Å². The molecule has 0 aliphatic rings.